The first-order chi connectivity index (χ1) is 10.4. The number of halogens is 1. The molecule has 114 valence electrons. The number of phenols is 1. The van der Waals surface area contributed by atoms with Crippen LogP contribution in [0, 0.1) is 10.1 Å². The zero-order chi connectivity index (χ0) is 16.3. The molecule has 8 heteroatoms. The molecule has 0 aliphatic carbocycles. The van der Waals surface area contributed by atoms with Gasteiger partial charge in [0.05, 0.1) is 4.92 Å². The molecule has 7 nitrogen and oxygen atoms in total. The van der Waals surface area contributed by atoms with Gasteiger partial charge in [-0.2, -0.15) is 0 Å². The predicted octanol–water partition coefficient (Wildman–Crippen LogP) is 3.23. The van der Waals surface area contributed by atoms with E-state index in [0.717, 1.165) is 12.1 Å². The Kier molecular flexibility index (Phi) is 4.47. The number of carboxylic acids is 1. The van der Waals surface area contributed by atoms with Crippen LogP contribution in [-0.4, -0.2) is 21.1 Å². The minimum Gasteiger partial charge on any atom is -0.507 e. The summed E-state index contributed by atoms with van der Waals surface area (Å²) in [6.07, 6.45) is 0. The van der Waals surface area contributed by atoms with Crippen LogP contribution in [0.4, 0.5) is 5.69 Å². The minimum absolute atomic E-state index is 0.0206. The van der Waals surface area contributed by atoms with Gasteiger partial charge < -0.3 is 14.9 Å². The van der Waals surface area contributed by atoms with Gasteiger partial charge in [0.1, 0.15) is 17.9 Å². The molecule has 0 radical (unpaired) electrons. The van der Waals surface area contributed by atoms with Gasteiger partial charge in [0.25, 0.3) is 0 Å². The monoisotopic (exact) mass is 323 g/mol. The van der Waals surface area contributed by atoms with E-state index < -0.39 is 27.9 Å². The second-order valence-electron chi connectivity index (χ2n) is 4.32. The highest BCUT2D eigenvalue weighted by Crippen LogP contribution is 2.34. The van der Waals surface area contributed by atoms with Gasteiger partial charge in [0.15, 0.2) is 0 Å². The van der Waals surface area contributed by atoms with Crippen molar-refractivity contribution in [1.29, 1.82) is 0 Å². The molecule has 0 spiro atoms. The Bertz CT molecular complexity index is 746. The Morgan fingerprint density at radius 3 is 2.64 bits per heavy atom. The van der Waals surface area contributed by atoms with Gasteiger partial charge >= 0.3 is 11.7 Å². The molecule has 0 saturated heterocycles. The van der Waals surface area contributed by atoms with E-state index in [1.165, 1.54) is 0 Å². The number of hydrogen-bond donors (Lipinski definition) is 2. The molecule has 0 aliphatic heterocycles. The summed E-state index contributed by atoms with van der Waals surface area (Å²) >= 11 is 5.82. The Hall–Kier alpha value is -2.80. The van der Waals surface area contributed by atoms with Crippen molar-refractivity contribution in [3.63, 3.8) is 0 Å². The lowest BCUT2D eigenvalue weighted by Crippen LogP contribution is -2.03. The molecule has 0 aliphatic rings. The van der Waals surface area contributed by atoms with E-state index in [1.807, 2.05) is 0 Å². The molecule has 0 atom stereocenters. The second kappa shape index (κ2) is 6.31. The Morgan fingerprint density at radius 2 is 2.05 bits per heavy atom. The summed E-state index contributed by atoms with van der Waals surface area (Å²) in [5, 5.41) is 30.0. The molecular weight excluding hydrogens is 314 g/mol. The fourth-order valence-corrected chi connectivity index (χ4v) is 1.99. The highest BCUT2D eigenvalue weighted by molar-refractivity contribution is 6.30. The summed E-state index contributed by atoms with van der Waals surface area (Å²) in [6, 6.07) is 8.36. The van der Waals surface area contributed by atoms with E-state index in [4.69, 9.17) is 21.4 Å². The minimum atomic E-state index is -1.47. The van der Waals surface area contributed by atoms with Gasteiger partial charge in [-0.05, 0) is 17.7 Å². The third-order valence-electron chi connectivity index (χ3n) is 2.79. The lowest BCUT2D eigenvalue weighted by atomic mass is 10.1. The molecule has 0 amide bonds. The molecule has 0 unspecified atom stereocenters. The normalized spacial score (nSPS) is 10.2. The van der Waals surface area contributed by atoms with E-state index >= 15 is 0 Å². The van der Waals surface area contributed by atoms with Crippen molar-refractivity contribution in [2.45, 2.75) is 6.61 Å². The number of nitro benzene ring substituents is 1. The summed E-state index contributed by atoms with van der Waals surface area (Å²) in [4.78, 5) is 21.1. The summed E-state index contributed by atoms with van der Waals surface area (Å²) < 4.78 is 5.30. The van der Waals surface area contributed by atoms with Crippen LogP contribution in [0.15, 0.2) is 36.4 Å². The van der Waals surface area contributed by atoms with Crippen LogP contribution in [0.2, 0.25) is 5.02 Å². The van der Waals surface area contributed by atoms with Crippen molar-refractivity contribution in [1.82, 2.24) is 0 Å². The molecule has 2 rings (SSSR count). The Balaban J connectivity index is 2.32. The molecule has 0 fully saturated rings. The van der Waals surface area contributed by atoms with Gasteiger partial charge in [-0.15, -0.1) is 0 Å². The SMILES string of the molecule is O=C(O)c1cc([N+](=O)[O-])c(OCc2cccc(Cl)c2)cc1O. The van der Waals surface area contributed by atoms with Crippen LogP contribution in [0.5, 0.6) is 11.5 Å². The average Bonchev–Trinajstić information content (AvgIpc) is 2.44. The van der Waals surface area contributed by atoms with Crippen LogP contribution < -0.4 is 4.74 Å². The van der Waals surface area contributed by atoms with Crippen molar-refractivity contribution in [3.05, 3.63) is 62.7 Å². The van der Waals surface area contributed by atoms with Crippen molar-refractivity contribution in [2.24, 2.45) is 0 Å². The number of rotatable bonds is 5. The molecule has 22 heavy (non-hydrogen) atoms. The number of benzene rings is 2. The summed E-state index contributed by atoms with van der Waals surface area (Å²) in [6.45, 7) is -0.0206. The van der Waals surface area contributed by atoms with E-state index in [9.17, 15) is 20.0 Å². The van der Waals surface area contributed by atoms with Crippen molar-refractivity contribution >= 4 is 23.3 Å². The first-order valence-electron chi connectivity index (χ1n) is 6.00. The van der Waals surface area contributed by atoms with Gasteiger partial charge in [-0.3, -0.25) is 10.1 Å². The highest BCUT2D eigenvalue weighted by atomic mass is 35.5. The van der Waals surface area contributed by atoms with Gasteiger partial charge in [0, 0.05) is 17.2 Å². The zero-order valence-electron chi connectivity index (χ0n) is 11.0. The van der Waals surface area contributed by atoms with Crippen molar-refractivity contribution in [2.75, 3.05) is 0 Å². The maximum atomic E-state index is 11.0. The van der Waals surface area contributed by atoms with Crippen molar-refractivity contribution in [3.8, 4) is 11.5 Å². The summed E-state index contributed by atoms with van der Waals surface area (Å²) in [5.41, 5.74) is -0.442. The number of aromatic hydroxyl groups is 1. The van der Waals surface area contributed by atoms with Gasteiger partial charge in [-0.25, -0.2) is 4.79 Å². The molecular formula is C14H10ClNO6. The largest absolute Gasteiger partial charge is 0.507 e. The predicted molar refractivity (Wildman–Crippen MR) is 77.5 cm³/mol. The maximum absolute atomic E-state index is 11.0. The van der Waals surface area contributed by atoms with Crippen LogP contribution in [0.1, 0.15) is 15.9 Å². The lowest BCUT2D eigenvalue weighted by molar-refractivity contribution is -0.386. The molecule has 0 bridgehead atoms. The van der Waals surface area contributed by atoms with E-state index in [2.05, 4.69) is 0 Å². The number of hydrogen-bond acceptors (Lipinski definition) is 5. The number of ether oxygens (including phenoxy) is 1. The fraction of sp³-hybridized carbons (Fsp3) is 0.0714. The number of aromatic carboxylic acids is 1. The third kappa shape index (κ3) is 3.44. The third-order valence-corrected chi connectivity index (χ3v) is 3.02. The Labute approximate surface area is 129 Å². The smallest absolute Gasteiger partial charge is 0.339 e. The van der Waals surface area contributed by atoms with Crippen molar-refractivity contribution < 1.29 is 24.7 Å². The fourth-order valence-electron chi connectivity index (χ4n) is 1.78. The zero-order valence-corrected chi connectivity index (χ0v) is 11.8. The standard InChI is InChI=1S/C14H10ClNO6/c15-9-3-1-2-8(4-9)7-22-13-6-12(17)10(14(18)19)5-11(13)16(20)21/h1-6,17H,7H2,(H,18,19). The molecule has 0 heterocycles. The van der Waals surface area contributed by atoms with Crippen LogP contribution in [-0.2, 0) is 6.61 Å². The lowest BCUT2D eigenvalue weighted by Gasteiger charge is -2.09. The average molecular weight is 324 g/mol. The van der Waals surface area contributed by atoms with E-state index in [0.29, 0.717) is 10.6 Å². The van der Waals surface area contributed by atoms with E-state index in [-0.39, 0.29) is 12.4 Å². The number of carboxylic acid groups (broad SMARTS) is 1. The van der Waals surface area contributed by atoms with Crippen LogP contribution in [0.3, 0.4) is 0 Å². The molecule has 0 saturated carbocycles. The van der Waals surface area contributed by atoms with Gasteiger partial charge in [0.2, 0.25) is 5.75 Å². The quantitative estimate of drug-likeness (QED) is 0.645. The Morgan fingerprint density at radius 1 is 1.32 bits per heavy atom. The molecule has 2 aromatic carbocycles. The van der Waals surface area contributed by atoms with Crippen LogP contribution in [0.25, 0.3) is 0 Å². The van der Waals surface area contributed by atoms with Crippen LogP contribution >= 0.6 is 11.6 Å². The second-order valence-corrected chi connectivity index (χ2v) is 4.75. The summed E-state index contributed by atoms with van der Waals surface area (Å²) in [7, 11) is 0. The summed E-state index contributed by atoms with van der Waals surface area (Å²) in [5.74, 6) is -2.31. The molecule has 2 N–H and O–H groups in total. The van der Waals surface area contributed by atoms with Gasteiger partial charge in [-0.1, -0.05) is 23.7 Å². The highest BCUT2D eigenvalue weighted by Gasteiger charge is 2.22. The number of nitro groups is 1. The van der Waals surface area contributed by atoms with E-state index in [1.54, 1.807) is 24.3 Å². The maximum Gasteiger partial charge on any atom is 0.339 e. The molecule has 2 aromatic rings. The first-order valence-corrected chi connectivity index (χ1v) is 6.38. The number of carbonyl (C=O) groups is 1. The first kappa shape index (κ1) is 15.6. The topological polar surface area (TPSA) is 110 Å². The number of nitrogens with zero attached hydrogens (tertiary/aromatic N) is 1. The molecule has 0 aromatic heterocycles.